The van der Waals surface area contributed by atoms with E-state index in [1.165, 1.54) is 6.07 Å². The number of nitrogens with zero attached hydrogens (tertiary/aromatic N) is 2. The summed E-state index contributed by atoms with van der Waals surface area (Å²) in [7, 11) is 0. The maximum Gasteiger partial charge on any atom is 0.275 e. The molecule has 0 bridgehead atoms. The Hall–Kier alpha value is -2.69. The van der Waals surface area contributed by atoms with Crippen molar-refractivity contribution in [3.05, 3.63) is 68.8 Å². The third kappa shape index (κ3) is 2.38. The largest absolute Gasteiger partial charge is 0.303 e. The van der Waals surface area contributed by atoms with Crippen LogP contribution in [0.25, 0.3) is 0 Å². The van der Waals surface area contributed by atoms with Gasteiger partial charge >= 0.3 is 0 Å². The van der Waals surface area contributed by atoms with E-state index in [2.05, 4.69) is 13.8 Å². The molecule has 23 heavy (non-hydrogen) atoms. The van der Waals surface area contributed by atoms with Crippen LogP contribution in [0.3, 0.4) is 0 Å². The number of hydrogen-bond acceptors (Lipinski definition) is 3. The van der Waals surface area contributed by atoms with Crippen LogP contribution < -0.4 is 4.90 Å². The maximum atomic E-state index is 12.8. The molecule has 0 fully saturated rings. The first-order valence-electron chi connectivity index (χ1n) is 7.77. The van der Waals surface area contributed by atoms with E-state index in [-0.39, 0.29) is 18.1 Å². The molecule has 0 saturated carbocycles. The van der Waals surface area contributed by atoms with E-state index < -0.39 is 4.92 Å². The van der Waals surface area contributed by atoms with Gasteiger partial charge in [0.15, 0.2) is 0 Å². The molecule has 3 rings (SSSR count). The lowest BCUT2D eigenvalue weighted by Gasteiger charge is -2.22. The Labute approximate surface area is 134 Å². The Morgan fingerprint density at radius 2 is 1.70 bits per heavy atom. The van der Waals surface area contributed by atoms with Crippen molar-refractivity contribution in [2.45, 2.75) is 33.2 Å². The molecule has 0 unspecified atom stereocenters. The molecule has 0 atom stereocenters. The second-order valence-corrected chi connectivity index (χ2v) is 5.58. The Morgan fingerprint density at radius 1 is 1.09 bits per heavy atom. The predicted octanol–water partition coefficient (Wildman–Crippen LogP) is 3.88. The number of carbonyl (C=O) groups excluding carboxylic acids is 1. The number of nitro benzene ring substituents is 1. The molecule has 0 saturated heterocycles. The number of amides is 1. The third-order valence-electron chi connectivity index (χ3n) is 4.37. The average Bonchev–Trinajstić information content (AvgIpc) is 2.90. The molecule has 0 aliphatic carbocycles. The number of rotatable bonds is 4. The van der Waals surface area contributed by atoms with Crippen molar-refractivity contribution in [3.63, 3.8) is 0 Å². The molecule has 1 heterocycles. The summed E-state index contributed by atoms with van der Waals surface area (Å²) in [4.78, 5) is 25.3. The standard InChI is InChI=1S/C18H18N2O3/c1-3-12-7-5-8-13(4-2)17(12)19-11-15-14(18(19)21)9-6-10-16(15)20(22)23/h5-10H,3-4,11H2,1-2H3. The molecular formula is C18H18N2O3. The molecule has 0 aromatic heterocycles. The normalized spacial score (nSPS) is 13.3. The monoisotopic (exact) mass is 310 g/mol. The lowest BCUT2D eigenvalue weighted by molar-refractivity contribution is -0.385. The number of fused-ring (bicyclic) bond motifs is 1. The molecule has 0 N–H and O–H groups in total. The summed E-state index contributed by atoms with van der Waals surface area (Å²) in [6.07, 6.45) is 1.62. The zero-order valence-electron chi connectivity index (χ0n) is 13.2. The first-order chi connectivity index (χ1) is 11.1. The van der Waals surface area contributed by atoms with Crippen molar-refractivity contribution in [2.24, 2.45) is 0 Å². The summed E-state index contributed by atoms with van der Waals surface area (Å²) in [6, 6.07) is 10.7. The van der Waals surface area contributed by atoms with Crippen LogP contribution in [-0.4, -0.2) is 10.8 Å². The van der Waals surface area contributed by atoms with E-state index in [4.69, 9.17) is 0 Å². The second-order valence-electron chi connectivity index (χ2n) is 5.58. The fourth-order valence-corrected chi connectivity index (χ4v) is 3.23. The van der Waals surface area contributed by atoms with Gasteiger partial charge in [-0.1, -0.05) is 38.1 Å². The first kappa shape index (κ1) is 15.2. The highest BCUT2D eigenvalue weighted by Gasteiger charge is 2.35. The molecule has 2 aromatic carbocycles. The minimum atomic E-state index is -0.415. The van der Waals surface area contributed by atoms with Crippen molar-refractivity contribution in [2.75, 3.05) is 4.90 Å². The third-order valence-corrected chi connectivity index (χ3v) is 4.37. The summed E-state index contributed by atoms with van der Waals surface area (Å²) >= 11 is 0. The van der Waals surface area contributed by atoms with Gasteiger partial charge in [-0.15, -0.1) is 0 Å². The molecule has 1 aliphatic rings. The molecule has 5 nitrogen and oxygen atoms in total. The molecule has 2 aromatic rings. The lowest BCUT2D eigenvalue weighted by atomic mass is 10.0. The first-order valence-corrected chi connectivity index (χ1v) is 7.77. The van der Waals surface area contributed by atoms with Crippen LogP contribution in [0.1, 0.15) is 40.9 Å². The Morgan fingerprint density at radius 3 is 2.26 bits per heavy atom. The summed E-state index contributed by atoms with van der Waals surface area (Å²) in [6.45, 7) is 4.36. The number of aryl methyl sites for hydroxylation is 2. The van der Waals surface area contributed by atoms with Gasteiger partial charge in [-0.2, -0.15) is 0 Å². The van der Waals surface area contributed by atoms with Crippen molar-refractivity contribution < 1.29 is 9.72 Å². The van der Waals surface area contributed by atoms with Crippen molar-refractivity contribution in [1.29, 1.82) is 0 Å². The van der Waals surface area contributed by atoms with Gasteiger partial charge in [0.05, 0.1) is 28.3 Å². The quantitative estimate of drug-likeness (QED) is 0.636. The second kappa shape index (κ2) is 5.83. The zero-order chi connectivity index (χ0) is 16.6. The number of benzene rings is 2. The van der Waals surface area contributed by atoms with Crippen LogP contribution in [0, 0.1) is 10.1 Å². The van der Waals surface area contributed by atoms with Crippen LogP contribution in [0.2, 0.25) is 0 Å². The van der Waals surface area contributed by atoms with E-state index >= 15 is 0 Å². The van der Waals surface area contributed by atoms with Crippen LogP contribution in [-0.2, 0) is 19.4 Å². The molecule has 0 radical (unpaired) electrons. The summed E-state index contributed by atoms with van der Waals surface area (Å²) in [5.74, 6) is -0.153. The van der Waals surface area contributed by atoms with Gasteiger partial charge in [0.25, 0.3) is 11.6 Å². The van der Waals surface area contributed by atoms with Crippen LogP contribution >= 0.6 is 0 Å². The van der Waals surface area contributed by atoms with E-state index in [9.17, 15) is 14.9 Å². The predicted molar refractivity (Wildman–Crippen MR) is 88.8 cm³/mol. The van der Waals surface area contributed by atoms with Crippen molar-refractivity contribution in [3.8, 4) is 0 Å². The minimum absolute atomic E-state index is 0.0189. The van der Waals surface area contributed by atoms with Gasteiger partial charge < -0.3 is 4.90 Å². The smallest absolute Gasteiger partial charge is 0.275 e. The van der Waals surface area contributed by atoms with Gasteiger partial charge in [-0.05, 0) is 30.0 Å². The maximum absolute atomic E-state index is 12.8. The van der Waals surface area contributed by atoms with E-state index in [0.29, 0.717) is 11.1 Å². The summed E-state index contributed by atoms with van der Waals surface area (Å²) in [5.41, 5.74) is 4.06. The van der Waals surface area contributed by atoms with E-state index in [1.807, 2.05) is 18.2 Å². The topological polar surface area (TPSA) is 63.4 Å². The Kier molecular flexibility index (Phi) is 3.86. The molecule has 118 valence electrons. The van der Waals surface area contributed by atoms with Crippen molar-refractivity contribution >= 4 is 17.3 Å². The van der Waals surface area contributed by atoms with E-state index in [0.717, 1.165) is 29.7 Å². The van der Waals surface area contributed by atoms with E-state index in [1.54, 1.807) is 17.0 Å². The minimum Gasteiger partial charge on any atom is -0.303 e. The highest BCUT2D eigenvalue weighted by atomic mass is 16.6. The van der Waals surface area contributed by atoms with Crippen LogP contribution in [0.15, 0.2) is 36.4 Å². The molecule has 5 heteroatoms. The van der Waals surface area contributed by atoms with Crippen molar-refractivity contribution in [1.82, 2.24) is 0 Å². The fraction of sp³-hybridized carbons (Fsp3) is 0.278. The van der Waals surface area contributed by atoms with Gasteiger partial charge in [0, 0.05) is 6.07 Å². The molecular weight excluding hydrogens is 292 g/mol. The highest BCUT2D eigenvalue weighted by Crippen LogP contribution is 2.37. The van der Waals surface area contributed by atoms with Crippen LogP contribution in [0.4, 0.5) is 11.4 Å². The number of hydrogen-bond donors (Lipinski definition) is 0. The van der Waals surface area contributed by atoms with Crippen LogP contribution in [0.5, 0.6) is 0 Å². The fourth-order valence-electron chi connectivity index (χ4n) is 3.23. The van der Waals surface area contributed by atoms with Gasteiger partial charge in [0.1, 0.15) is 0 Å². The Balaban J connectivity index is 2.14. The van der Waals surface area contributed by atoms with Gasteiger partial charge in [0.2, 0.25) is 0 Å². The average molecular weight is 310 g/mol. The zero-order valence-corrected chi connectivity index (χ0v) is 13.2. The molecule has 0 spiro atoms. The SMILES string of the molecule is CCc1cccc(CC)c1N1Cc2c(cccc2[N+](=O)[O-])C1=O. The van der Waals surface area contributed by atoms with Gasteiger partial charge in [-0.3, -0.25) is 14.9 Å². The number of nitro groups is 1. The summed E-state index contributed by atoms with van der Waals surface area (Å²) in [5, 5.41) is 11.2. The number of carbonyl (C=O) groups is 1. The highest BCUT2D eigenvalue weighted by molar-refractivity contribution is 6.11. The number of anilines is 1. The molecule has 1 aliphatic heterocycles. The summed E-state index contributed by atoms with van der Waals surface area (Å²) < 4.78 is 0. The Bertz CT molecular complexity index is 777. The lowest BCUT2D eigenvalue weighted by Crippen LogP contribution is -2.25. The number of para-hydroxylation sites is 1. The molecule has 1 amide bonds. The van der Waals surface area contributed by atoms with Gasteiger partial charge in [-0.25, -0.2) is 0 Å².